The molecule has 0 aliphatic heterocycles. The van der Waals surface area contributed by atoms with E-state index in [2.05, 4.69) is 38.2 Å². The maximum Gasteiger partial charge on any atom is 0.124 e. The molecule has 4 heteroatoms. The fraction of sp³-hybridized carbons (Fsp3) is 0.625. The first-order valence-electron chi connectivity index (χ1n) is 6.88. The average Bonchev–Trinajstić information content (AvgIpc) is 2.45. The second kappa shape index (κ2) is 7.62. The first-order valence-corrected chi connectivity index (χ1v) is 6.88. The molecule has 0 radical (unpaired) electrons. The van der Waals surface area contributed by atoms with Crippen molar-refractivity contribution in [3.63, 3.8) is 0 Å². The molecule has 0 bridgehead atoms. The molecule has 0 saturated heterocycles. The molecule has 0 fully saturated rings. The number of nitrogens with one attached hydrogen (secondary N) is 1. The molecule has 0 aromatic heterocycles. The summed E-state index contributed by atoms with van der Waals surface area (Å²) in [5.74, 6) is 0.861. The van der Waals surface area contributed by atoms with Gasteiger partial charge in [-0.1, -0.05) is 6.07 Å². The maximum absolute atomic E-state index is 5.42. The summed E-state index contributed by atoms with van der Waals surface area (Å²) in [4.78, 5) is 0. The van der Waals surface area contributed by atoms with E-state index in [1.54, 1.807) is 21.3 Å². The van der Waals surface area contributed by atoms with Crippen molar-refractivity contribution in [3.05, 3.63) is 29.3 Å². The van der Waals surface area contributed by atoms with E-state index in [4.69, 9.17) is 14.2 Å². The van der Waals surface area contributed by atoms with Crippen molar-refractivity contribution in [3.8, 4) is 5.75 Å². The Hall–Kier alpha value is -1.10. The molecule has 1 aromatic rings. The third-order valence-electron chi connectivity index (χ3n) is 3.49. The summed E-state index contributed by atoms with van der Waals surface area (Å²) in [6, 6.07) is 6.43. The van der Waals surface area contributed by atoms with Crippen molar-refractivity contribution < 1.29 is 14.2 Å². The third-order valence-corrected chi connectivity index (χ3v) is 3.49. The third kappa shape index (κ3) is 4.78. The van der Waals surface area contributed by atoms with Crippen LogP contribution >= 0.6 is 0 Å². The van der Waals surface area contributed by atoms with E-state index in [-0.39, 0.29) is 11.6 Å². The zero-order chi connectivity index (χ0) is 15.2. The molecule has 1 N–H and O–H groups in total. The molecule has 0 spiro atoms. The van der Waals surface area contributed by atoms with Gasteiger partial charge in [0.05, 0.1) is 19.3 Å². The number of ether oxygens (including phenoxy) is 3. The van der Waals surface area contributed by atoms with Crippen LogP contribution in [0.15, 0.2) is 18.2 Å². The predicted octanol–water partition coefficient (Wildman–Crippen LogP) is 2.92. The Morgan fingerprint density at radius 1 is 1.20 bits per heavy atom. The Balaban J connectivity index is 2.77. The van der Waals surface area contributed by atoms with Crippen molar-refractivity contribution in [2.24, 2.45) is 0 Å². The van der Waals surface area contributed by atoms with Gasteiger partial charge in [0.2, 0.25) is 0 Å². The minimum absolute atomic E-state index is 0.171. The van der Waals surface area contributed by atoms with E-state index < -0.39 is 0 Å². The standard InChI is InChI=1S/C16H27NO3/c1-12(17-11-16(2,3)20-6)13-7-8-15(19-5)14(9-13)10-18-4/h7-9,12,17H,10-11H2,1-6H3. The van der Waals surface area contributed by atoms with Gasteiger partial charge in [-0.05, 0) is 38.5 Å². The van der Waals surface area contributed by atoms with Crippen LogP contribution in [0.25, 0.3) is 0 Å². The number of benzene rings is 1. The molecule has 1 atom stereocenters. The Morgan fingerprint density at radius 3 is 2.45 bits per heavy atom. The summed E-state index contributed by atoms with van der Waals surface area (Å²) < 4.78 is 16.0. The average molecular weight is 281 g/mol. The van der Waals surface area contributed by atoms with Crippen LogP contribution in [-0.4, -0.2) is 33.5 Å². The monoisotopic (exact) mass is 281 g/mol. The molecule has 0 saturated carbocycles. The number of hydrogen-bond donors (Lipinski definition) is 1. The molecule has 114 valence electrons. The second-order valence-electron chi connectivity index (χ2n) is 5.57. The van der Waals surface area contributed by atoms with Gasteiger partial charge in [0.1, 0.15) is 5.75 Å². The fourth-order valence-electron chi connectivity index (χ4n) is 1.93. The lowest BCUT2D eigenvalue weighted by Crippen LogP contribution is -2.37. The van der Waals surface area contributed by atoms with Crippen LogP contribution in [0.4, 0.5) is 0 Å². The summed E-state index contributed by atoms with van der Waals surface area (Å²) in [7, 11) is 5.10. The molecule has 1 aromatic carbocycles. The highest BCUT2D eigenvalue weighted by atomic mass is 16.5. The minimum Gasteiger partial charge on any atom is -0.496 e. The molecular weight excluding hydrogens is 254 g/mol. The highest BCUT2D eigenvalue weighted by Crippen LogP contribution is 2.24. The van der Waals surface area contributed by atoms with E-state index >= 15 is 0 Å². The predicted molar refractivity (Wildman–Crippen MR) is 81.2 cm³/mol. The molecule has 0 amide bonds. The number of methoxy groups -OCH3 is 3. The Morgan fingerprint density at radius 2 is 1.90 bits per heavy atom. The van der Waals surface area contributed by atoms with Gasteiger partial charge in [-0.2, -0.15) is 0 Å². The quantitative estimate of drug-likeness (QED) is 0.795. The lowest BCUT2D eigenvalue weighted by atomic mass is 10.0. The number of rotatable bonds is 8. The van der Waals surface area contributed by atoms with Gasteiger partial charge >= 0.3 is 0 Å². The van der Waals surface area contributed by atoms with Gasteiger partial charge < -0.3 is 19.5 Å². The summed E-state index contributed by atoms with van der Waals surface area (Å²) in [6.45, 7) is 7.61. The molecule has 1 unspecified atom stereocenters. The minimum atomic E-state index is -0.171. The second-order valence-corrected chi connectivity index (χ2v) is 5.57. The summed E-state index contributed by atoms with van der Waals surface area (Å²) >= 11 is 0. The van der Waals surface area contributed by atoms with Crippen LogP contribution in [-0.2, 0) is 16.1 Å². The van der Waals surface area contributed by atoms with Gasteiger partial charge in [0.15, 0.2) is 0 Å². The number of hydrogen-bond acceptors (Lipinski definition) is 4. The van der Waals surface area contributed by atoms with Crippen LogP contribution in [0.3, 0.4) is 0 Å². The van der Waals surface area contributed by atoms with Gasteiger partial charge in [-0.15, -0.1) is 0 Å². The molecule has 0 heterocycles. The highest BCUT2D eigenvalue weighted by molar-refractivity contribution is 5.38. The van der Waals surface area contributed by atoms with Crippen molar-refractivity contribution in [2.75, 3.05) is 27.9 Å². The van der Waals surface area contributed by atoms with Crippen LogP contribution < -0.4 is 10.1 Å². The molecule has 0 aliphatic carbocycles. The lowest BCUT2D eigenvalue weighted by Gasteiger charge is -2.26. The van der Waals surface area contributed by atoms with Crippen molar-refractivity contribution in [1.82, 2.24) is 5.32 Å². The molecule has 1 rings (SSSR count). The summed E-state index contributed by atoms with van der Waals surface area (Å²) in [5, 5.41) is 3.49. The lowest BCUT2D eigenvalue weighted by molar-refractivity contribution is 0.0214. The first-order chi connectivity index (χ1) is 9.43. The van der Waals surface area contributed by atoms with E-state index in [0.717, 1.165) is 17.9 Å². The molecule has 20 heavy (non-hydrogen) atoms. The van der Waals surface area contributed by atoms with Crippen LogP contribution in [0, 0.1) is 0 Å². The zero-order valence-electron chi connectivity index (χ0n) is 13.4. The van der Waals surface area contributed by atoms with Crippen molar-refractivity contribution in [1.29, 1.82) is 0 Å². The van der Waals surface area contributed by atoms with E-state index in [1.165, 1.54) is 5.56 Å². The molecule has 4 nitrogen and oxygen atoms in total. The largest absolute Gasteiger partial charge is 0.496 e. The van der Waals surface area contributed by atoms with Crippen molar-refractivity contribution >= 4 is 0 Å². The Labute approximate surface area is 122 Å². The Bertz CT molecular complexity index is 418. The van der Waals surface area contributed by atoms with Gasteiger partial charge in [0, 0.05) is 32.4 Å². The zero-order valence-corrected chi connectivity index (χ0v) is 13.4. The maximum atomic E-state index is 5.42. The highest BCUT2D eigenvalue weighted by Gasteiger charge is 2.18. The van der Waals surface area contributed by atoms with Crippen LogP contribution in [0.5, 0.6) is 5.75 Å². The van der Waals surface area contributed by atoms with Crippen LogP contribution in [0.2, 0.25) is 0 Å². The summed E-state index contributed by atoms with van der Waals surface area (Å²) in [6.07, 6.45) is 0. The van der Waals surface area contributed by atoms with E-state index in [0.29, 0.717) is 6.61 Å². The van der Waals surface area contributed by atoms with Gasteiger partial charge in [-0.25, -0.2) is 0 Å². The molecular formula is C16H27NO3. The first kappa shape index (κ1) is 17.0. The fourth-order valence-corrected chi connectivity index (χ4v) is 1.93. The van der Waals surface area contributed by atoms with E-state index in [1.807, 2.05) is 6.07 Å². The normalized spacial score (nSPS) is 13.3. The Kier molecular flexibility index (Phi) is 6.46. The topological polar surface area (TPSA) is 39.7 Å². The smallest absolute Gasteiger partial charge is 0.124 e. The van der Waals surface area contributed by atoms with E-state index in [9.17, 15) is 0 Å². The summed E-state index contributed by atoms with van der Waals surface area (Å²) in [5.41, 5.74) is 2.10. The molecule has 0 aliphatic rings. The van der Waals surface area contributed by atoms with Gasteiger partial charge in [0.25, 0.3) is 0 Å². The van der Waals surface area contributed by atoms with Crippen molar-refractivity contribution in [2.45, 2.75) is 39.0 Å². The van der Waals surface area contributed by atoms with Gasteiger partial charge in [-0.3, -0.25) is 0 Å². The SMILES string of the molecule is COCc1cc(C(C)NCC(C)(C)OC)ccc1OC. The van der Waals surface area contributed by atoms with Crippen LogP contribution in [0.1, 0.15) is 37.9 Å².